The zero-order valence-corrected chi connectivity index (χ0v) is 10.4. The Balaban J connectivity index is 2.50. The van der Waals surface area contributed by atoms with Crippen molar-refractivity contribution in [3.63, 3.8) is 0 Å². The summed E-state index contributed by atoms with van der Waals surface area (Å²) in [5, 5.41) is 2.71. The number of thioether (sulfide) groups is 1. The third-order valence-electron chi connectivity index (χ3n) is 2.11. The molecule has 0 saturated heterocycles. The molecule has 1 amide bonds. The zero-order chi connectivity index (χ0) is 12.0. The van der Waals surface area contributed by atoms with Crippen LogP contribution in [0.1, 0.15) is 12.1 Å². The Hall–Kier alpha value is -1.07. The number of nitrogens with two attached hydrogens (primary N) is 1. The lowest BCUT2D eigenvalue weighted by Crippen LogP contribution is -2.36. The molecule has 0 saturated carbocycles. The number of nitrogens with one attached hydrogen (secondary N) is 1. The number of amides is 1. The van der Waals surface area contributed by atoms with Gasteiger partial charge < -0.3 is 11.1 Å². The minimum atomic E-state index is -0.463. The molecule has 0 fully saturated rings. The fourth-order valence-corrected chi connectivity index (χ4v) is 1.70. The van der Waals surface area contributed by atoms with E-state index in [2.05, 4.69) is 10.3 Å². The summed E-state index contributed by atoms with van der Waals surface area (Å²) < 4.78 is 0. The van der Waals surface area contributed by atoms with Gasteiger partial charge in [-0.3, -0.25) is 4.79 Å². The van der Waals surface area contributed by atoms with Crippen molar-refractivity contribution < 1.29 is 4.79 Å². The molecular formula is C11H17N3OS. The van der Waals surface area contributed by atoms with Crippen LogP contribution in [-0.2, 0) is 4.79 Å². The molecular weight excluding hydrogens is 222 g/mol. The Morgan fingerprint density at radius 1 is 1.62 bits per heavy atom. The van der Waals surface area contributed by atoms with Crippen LogP contribution in [-0.4, -0.2) is 28.9 Å². The minimum Gasteiger partial charge on any atom is -0.320 e. The average molecular weight is 239 g/mol. The molecule has 1 heterocycles. The summed E-state index contributed by atoms with van der Waals surface area (Å²) in [7, 11) is 0. The average Bonchev–Trinajstić information content (AvgIpc) is 2.25. The van der Waals surface area contributed by atoms with E-state index in [1.165, 1.54) is 0 Å². The van der Waals surface area contributed by atoms with Crippen molar-refractivity contribution in [2.24, 2.45) is 5.73 Å². The highest BCUT2D eigenvalue weighted by atomic mass is 32.2. The quantitative estimate of drug-likeness (QED) is 0.815. The molecule has 0 aromatic carbocycles. The van der Waals surface area contributed by atoms with Crippen LogP contribution in [0.4, 0.5) is 5.82 Å². The first-order valence-corrected chi connectivity index (χ1v) is 6.52. The summed E-state index contributed by atoms with van der Waals surface area (Å²) in [4.78, 5) is 15.8. The second kappa shape index (κ2) is 6.50. The smallest absolute Gasteiger partial charge is 0.242 e. The van der Waals surface area contributed by atoms with Crippen molar-refractivity contribution in [2.45, 2.75) is 19.4 Å². The second-order valence-corrected chi connectivity index (χ2v) is 4.53. The van der Waals surface area contributed by atoms with E-state index in [-0.39, 0.29) is 5.91 Å². The lowest BCUT2D eigenvalue weighted by molar-refractivity contribution is -0.117. The van der Waals surface area contributed by atoms with Crippen LogP contribution in [0.2, 0.25) is 0 Å². The summed E-state index contributed by atoms with van der Waals surface area (Å²) in [6.07, 6.45) is 2.67. The molecule has 0 bridgehead atoms. The van der Waals surface area contributed by atoms with Gasteiger partial charge >= 0.3 is 0 Å². The summed E-state index contributed by atoms with van der Waals surface area (Å²) >= 11 is 1.68. The summed E-state index contributed by atoms with van der Waals surface area (Å²) in [6.45, 7) is 1.88. The molecule has 0 aliphatic rings. The largest absolute Gasteiger partial charge is 0.320 e. The molecule has 0 aliphatic carbocycles. The molecule has 1 rings (SSSR count). The van der Waals surface area contributed by atoms with Gasteiger partial charge in [0, 0.05) is 5.69 Å². The van der Waals surface area contributed by atoms with Crippen molar-refractivity contribution in [1.82, 2.24) is 4.98 Å². The van der Waals surface area contributed by atoms with Crippen molar-refractivity contribution >= 4 is 23.5 Å². The minimum absolute atomic E-state index is 0.174. The van der Waals surface area contributed by atoms with Gasteiger partial charge in [-0.1, -0.05) is 6.07 Å². The van der Waals surface area contributed by atoms with E-state index in [0.29, 0.717) is 12.2 Å². The molecule has 0 aliphatic heterocycles. The normalized spacial score (nSPS) is 12.2. The Morgan fingerprint density at radius 3 is 3.00 bits per heavy atom. The number of pyridine rings is 1. The van der Waals surface area contributed by atoms with Crippen LogP contribution in [0.15, 0.2) is 18.2 Å². The van der Waals surface area contributed by atoms with Crippen LogP contribution in [0.5, 0.6) is 0 Å². The van der Waals surface area contributed by atoms with E-state index in [0.717, 1.165) is 11.4 Å². The Kier molecular flexibility index (Phi) is 5.28. The first-order valence-electron chi connectivity index (χ1n) is 5.12. The number of carbonyl (C=O) groups excluding carboxylic acids is 1. The van der Waals surface area contributed by atoms with Crippen LogP contribution in [0.25, 0.3) is 0 Å². The monoisotopic (exact) mass is 239 g/mol. The molecule has 0 unspecified atom stereocenters. The topological polar surface area (TPSA) is 68.0 Å². The number of aromatic nitrogens is 1. The maximum atomic E-state index is 11.6. The van der Waals surface area contributed by atoms with Gasteiger partial charge in [-0.05, 0) is 37.5 Å². The maximum absolute atomic E-state index is 11.6. The highest BCUT2D eigenvalue weighted by Gasteiger charge is 2.13. The number of carbonyl (C=O) groups is 1. The maximum Gasteiger partial charge on any atom is 0.242 e. The van der Waals surface area contributed by atoms with Gasteiger partial charge in [0.2, 0.25) is 5.91 Å². The van der Waals surface area contributed by atoms with Gasteiger partial charge in [0.25, 0.3) is 0 Å². The van der Waals surface area contributed by atoms with E-state index in [9.17, 15) is 4.79 Å². The molecule has 3 N–H and O–H groups in total. The van der Waals surface area contributed by atoms with Crippen molar-refractivity contribution in [1.29, 1.82) is 0 Å². The van der Waals surface area contributed by atoms with E-state index in [4.69, 9.17) is 5.73 Å². The van der Waals surface area contributed by atoms with E-state index in [1.54, 1.807) is 17.8 Å². The first kappa shape index (κ1) is 13.0. The standard InChI is InChI=1S/C11H17N3OS/c1-8-4-3-5-10(13-8)14-11(15)9(12)6-7-16-2/h3-5,9H,6-7,12H2,1-2H3,(H,13,14,15)/t9-/m1/s1. The number of nitrogens with zero attached hydrogens (tertiary/aromatic N) is 1. The Labute approximate surface area is 100 Å². The van der Waals surface area contributed by atoms with E-state index < -0.39 is 6.04 Å². The lowest BCUT2D eigenvalue weighted by atomic mass is 10.2. The van der Waals surface area contributed by atoms with Crippen molar-refractivity contribution in [3.05, 3.63) is 23.9 Å². The highest BCUT2D eigenvalue weighted by Crippen LogP contribution is 2.05. The molecule has 4 nitrogen and oxygen atoms in total. The predicted octanol–water partition coefficient (Wildman–Crippen LogP) is 1.41. The van der Waals surface area contributed by atoms with E-state index in [1.807, 2.05) is 25.3 Å². The fraction of sp³-hybridized carbons (Fsp3) is 0.455. The van der Waals surface area contributed by atoms with Gasteiger partial charge in [0.1, 0.15) is 5.82 Å². The molecule has 16 heavy (non-hydrogen) atoms. The molecule has 0 spiro atoms. The molecule has 88 valence electrons. The van der Waals surface area contributed by atoms with Crippen LogP contribution >= 0.6 is 11.8 Å². The second-order valence-electron chi connectivity index (χ2n) is 3.54. The number of aryl methyl sites for hydroxylation is 1. The van der Waals surface area contributed by atoms with Crippen molar-refractivity contribution in [3.8, 4) is 0 Å². The van der Waals surface area contributed by atoms with Gasteiger partial charge in [0.15, 0.2) is 0 Å². The van der Waals surface area contributed by atoms with Crippen LogP contribution < -0.4 is 11.1 Å². The third kappa shape index (κ3) is 4.20. The summed E-state index contributed by atoms with van der Waals surface area (Å²) in [5.41, 5.74) is 6.61. The summed E-state index contributed by atoms with van der Waals surface area (Å²) in [5.74, 6) is 1.27. The number of hydrogen-bond donors (Lipinski definition) is 2. The first-order chi connectivity index (χ1) is 7.63. The van der Waals surface area contributed by atoms with Gasteiger partial charge in [-0.15, -0.1) is 0 Å². The van der Waals surface area contributed by atoms with Crippen LogP contribution in [0, 0.1) is 6.92 Å². The Morgan fingerprint density at radius 2 is 2.38 bits per heavy atom. The molecule has 1 aromatic rings. The number of anilines is 1. The Bertz CT molecular complexity index is 357. The predicted molar refractivity (Wildman–Crippen MR) is 68.6 cm³/mol. The SMILES string of the molecule is CSCC[C@@H](N)C(=O)Nc1cccc(C)n1. The van der Waals surface area contributed by atoms with Crippen LogP contribution in [0.3, 0.4) is 0 Å². The zero-order valence-electron chi connectivity index (χ0n) is 9.56. The molecule has 0 radical (unpaired) electrons. The fourth-order valence-electron chi connectivity index (χ4n) is 1.21. The van der Waals surface area contributed by atoms with Gasteiger partial charge in [-0.25, -0.2) is 4.98 Å². The van der Waals surface area contributed by atoms with Gasteiger partial charge in [0.05, 0.1) is 6.04 Å². The molecule has 5 heteroatoms. The highest BCUT2D eigenvalue weighted by molar-refractivity contribution is 7.98. The number of rotatable bonds is 5. The lowest BCUT2D eigenvalue weighted by Gasteiger charge is -2.11. The number of hydrogen-bond acceptors (Lipinski definition) is 4. The van der Waals surface area contributed by atoms with E-state index >= 15 is 0 Å². The molecule has 1 atom stereocenters. The van der Waals surface area contributed by atoms with Gasteiger partial charge in [-0.2, -0.15) is 11.8 Å². The van der Waals surface area contributed by atoms with Crippen molar-refractivity contribution in [2.75, 3.05) is 17.3 Å². The molecule has 1 aromatic heterocycles. The third-order valence-corrected chi connectivity index (χ3v) is 2.75. The summed E-state index contributed by atoms with van der Waals surface area (Å²) in [6, 6.07) is 5.02.